The molecule has 0 radical (unpaired) electrons. The molecular weight excluding hydrogens is 242 g/mol. The molecule has 0 aliphatic carbocycles. The standard InChI is InChI=1S/C13H19N5O/c1-9(5-6-11-4-3-7-19-11)17-12-10(2)13(18-14)16-8-15-12/h3-4,7-9H,5-6,14H2,1-2H3,(H2,15,16,17,18). The van der Waals surface area contributed by atoms with Crippen LogP contribution in [0.4, 0.5) is 11.6 Å². The Morgan fingerprint density at radius 3 is 2.84 bits per heavy atom. The van der Waals surface area contributed by atoms with E-state index in [4.69, 9.17) is 10.3 Å². The minimum atomic E-state index is 0.282. The summed E-state index contributed by atoms with van der Waals surface area (Å²) in [6, 6.07) is 4.17. The van der Waals surface area contributed by atoms with E-state index in [1.54, 1.807) is 6.26 Å². The van der Waals surface area contributed by atoms with Gasteiger partial charge in [0.25, 0.3) is 0 Å². The highest BCUT2D eigenvalue weighted by Gasteiger charge is 2.09. The molecule has 0 fully saturated rings. The first-order valence-electron chi connectivity index (χ1n) is 6.28. The fourth-order valence-electron chi connectivity index (χ4n) is 1.86. The molecular formula is C13H19N5O. The van der Waals surface area contributed by atoms with Crippen molar-refractivity contribution in [3.05, 3.63) is 36.0 Å². The molecule has 0 spiro atoms. The molecule has 2 rings (SSSR count). The van der Waals surface area contributed by atoms with Crippen molar-refractivity contribution in [2.45, 2.75) is 32.7 Å². The molecule has 6 nitrogen and oxygen atoms in total. The lowest BCUT2D eigenvalue weighted by atomic mass is 10.1. The maximum Gasteiger partial charge on any atom is 0.148 e. The monoisotopic (exact) mass is 261 g/mol. The van der Waals surface area contributed by atoms with Gasteiger partial charge in [0, 0.05) is 18.0 Å². The van der Waals surface area contributed by atoms with Gasteiger partial charge >= 0.3 is 0 Å². The van der Waals surface area contributed by atoms with Gasteiger partial charge in [0.2, 0.25) is 0 Å². The Hall–Kier alpha value is -2.08. The van der Waals surface area contributed by atoms with Gasteiger partial charge in [-0.3, -0.25) is 0 Å². The van der Waals surface area contributed by atoms with Crippen LogP contribution >= 0.6 is 0 Å². The Morgan fingerprint density at radius 2 is 2.16 bits per heavy atom. The molecule has 0 bridgehead atoms. The Kier molecular flexibility index (Phi) is 4.35. The van der Waals surface area contributed by atoms with E-state index in [1.165, 1.54) is 6.33 Å². The maximum atomic E-state index is 5.39. The minimum Gasteiger partial charge on any atom is -0.469 e. The third-order valence-corrected chi connectivity index (χ3v) is 3.01. The molecule has 2 aromatic rings. The van der Waals surface area contributed by atoms with Crippen LogP contribution in [0.25, 0.3) is 0 Å². The second-order valence-corrected chi connectivity index (χ2v) is 4.50. The van der Waals surface area contributed by atoms with Gasteiger partial charge in [-0.25, -0.2) is 15.8 Å². The van der Waals surface area contributed by atoms with E-state index in [-0.39, 0.29) is 6.04 Å². The highest BCUT2D eigenvalue weighted by molar-refractivity contribution is 5.56. The lowest BCUT2D eigenvalue weighted by Gasteiger charge is -2.16. The highest BCUT2D eigenvalue weighted by Crippen LogP contribution is 2.18. The normalized spacial score (nSPS) is 12.2. The SMILES string of the molecule is Cc1c(NN)ncnc1NC(C)CCc1ccco1. The summed E-state index contributed by atoms with van der Waals surface area (Å²) in [6.45, 7) is 4.04. The number of nitrogens with one attached hydrogen (secondary N) is 2. The molecule has 2 aromatic heterocycles. The van der Waals surface area contributed by atoms with E-state index >= 15 is 0 Å². The van der Waals surface area contributed by atoms with E-state index in [9.17, 15) is 0 Å². The van der Waals surface area contributed by atoms with Crippen molar-refractivity contribution in [3.8, 4) is 0 Å². The zero-order chi connectivity index (χ0) is 13.7. The second-order valence-electron chi connectivity index (χ2n) is 4.50. The number of anilines is 2. The number of hydrazine groups is 1. The van der Waals surface area contributed by atoms with Gasteiger partial charge in [0.15, 0.2) is 0 Å². The molecule has 19 heavy (non-hydrogen) atoms. The Morgan fingerprint density at radius 1 is 1.37 bits per heavy atom. The lowest BCUT2D eigenvalue weighted by Crippen LogP contribution is -2.19. The predicted octanol–water partition coefficient (Wildman–Crippen LogP) is 2.10. The summed E-state index contributed by atoms with van der Waals surface area (Å²) in [5.74, 6) is 7.83. The van der Waals surface area contributed by atoms with Crippen molar-refractivity contribution in [1.82, 2.24) is 9.97 Å². The average molecular weight is 261 g/mol. The van der Waals surface area contributed by atoms with Gasteiger partial charge in [0.1, 0.15) is 23.7 Å². The summed E-state index contributed by atoms with van der Waals surface area (Å²) < 4.78 is 5.31. The van der Waals surface area contributed by atoms with Crippen molar-refractivity contribution in [3.63, 3.8) is 0 Å². The van der Waals surface area contributed by atoms with Crippen molar-refractivity contribution in [2.75, 3.05) is 10.7 Å². The third kappa shape index (κ3) is 3.45. The van der Waals surface area contributed by atoms with E-state index < -0.39 is 0 Å². The molecule has 1 unspecified atom stereocenters. The molecule has 102 valence electrons. The molecule has 0 saturated carbocycles. The largest absolute Gasteiger partial charge is 0.469 e. The fourth-order valence-corrected chi connectivity index (χ4v) is 1.86. The molecule has 0 aromatic carbocycles. The number of nitrogens with zero attached hydrogens (tertiary/aromatic N) is 2. The molecule has 0 aliphatic rings. The third-order valence-electron chi connectivity index (χ3n) is 3.01. The topological polar surface area (TPSA) is 89.0 Å². The quantitative estimate of drug-likeness (QED) is 0.545. The molecule has 0 saturated heterocycles. The van der Waals surface area contributed by atoms with Crippen LogP contribution in [0.2, 0.25) is 0 Å². The number of furan rings is 1. The number of rotatable bonds is 6. The highest BCUT2D eigenvalue weighted by atomic mass is 16.3. The van der Waals surface area contributed by atoms with Gasteiger partial charge in [-0.15, -0.1) is 0 Å². The van der Waals surface area contributed by atoms with E-state index in [0.717, 1.165) is 30.0 Å². The Labute approximate surface area is 112 Å². The fraction of sp³-hybridized carbons (Fsp3) is 0.385. The van der Waals surface area contributed by atoms with Gasteiger partial charge in [-0.1, -0.05) is 0 Å². The van der Waals surface area contributed by atoms with Gasteiger partial charge in [-0.05, 0) is 32.4 Å². The summed E-state index contributed by atoms with van der Waals surface area (Å²) in [7, 11) is 0. The number of nitrogen functional groups attached to an aromatic ring is 1. The second kappa shape index (κ2) is 6.19. The summed E-state index contributed by atoms with van der Waals surface area (Å²) in [6.07, 6.45) is 5.04. The maximum absolute atomic E-state index is 5.39. The summed E-state index contributed by atoms with van der Waals surface area (Å²) in [5.41, 5.74) is 3.47. The van der Waals surface area contributed by atoms with Crippen LogP contribution < -0.4 is 16.6 Å². The van der Waals surface area contributed by atoms with Crippen LogP contribution in [0.5, 0.6) is 0 Å². The first kappa shape index (κ1) is 13.4. The van der Waals surface area contributed by atoms with E-state index in [1.807, 2.05) is 19.1 Å². The van der Waals surface area contributed by atoms with Crippen LogP contribution in [0.15, 0.2) is 29.1 Å². The van der Waals surface area contributed by atoms with Crippen LogP contribution in [0.1, 0.15) is 24.7 Å². The molecule has 4 N–H and O–H groups in total. The average Bonchev–Trinajstić information content (AvgIpc) is 2.92. The van der Waals surface area contributed by atoms with Crippen molar-refractivity contribution < 1.29 is 4.42 Å². The number of nitrogens with two attached hydrogens (primary N) is 1. The van der Waals surface area contributed by atoms with Gasteiger partial charge < -0.3 is 15.2 Å². The number of hydrogen-bond donors (Lipinski definition) is 3. The van der Waals surface area contributed by atoms with Gasteiger partial charge in [0.05, 0.1) is 6.26 Å². The first-order valence-corrected chi connectivity index (χ1v) is 6.28. The van der Waals surface area contributed by atoms with Crippen LogP contribution in [-0.2, 0) is 6.42 Å². The molecule has 0 amide bonds. The van der Waals surface area contributed by atoms with Crippen molar-refractivity contribution >= 4 is 11.6 Å². The molecule has 0 aliphatic heterocycles. The molecule has 6 heteroatoms. The predicted molar refractivity (Wildman–Crippen MR) is 74.7 cm³/mol. The molecule has 1 atom stereocenters. The molecule has 2 heterocycles. The van der Waals surface area contributed by atoms with Crippen LogP contribution in [0.3, 0.4) is 0 Å². The van der Waals surface area contributed by atoms with Crippen molar-refractivity contribution in [1.29, 1.82) is 0 Å². The van der Waals surface area contributed by atoms with Gasteiger partial charge in [-0.2, -0.15) is 0 Å². The minimum absolute atomic E-state index is 0.282. The summed E-state index contributed by atoms with van der Waals surface area (Å²) in [5, 5.41) is 3.36. The summed E-state index contributed by atoms with van der Waals surface area (Å²) >= 11 is 0. The van der Waals surface area contributed by atoms with E-state index in [2.05, 4.69) is 27.6 Å². The zero-order valence-corrected chi connectivity index (χ0v) is 11.2. The lowest BCUT2D eigenvalue weighted by molar-refractivity contribution is 0.495. The zero-order valence-electron chi connectivity index (χ0n) is 11.2. The Bertz CT molecular complexity index is 512. The van der Waals surface area contributed by atoms with E-state index in [0.29, 0.717) is 5.82 Å². The van der Waals surface area contributed by atoms with Crippen molar-refractivity contribution in [2.24, 2.45) is 5.84 Å². The number of hydrogen-bond acceptors (Lipinski definition) is 6. The first-order chi connectivity index (χ1) is 9.20. The number of aromatic nitrogens is 2. The van der Waals surface area contributed by atoms with Crippen LogP contribution in [-0.4, -0.2) is 16.0 Å². The van der Waals surface area contributed by atoms with Crippen LogP contribution in [0, 0.1) is 6.92 Å². The summed E-state index contributed by atoms with van der Waals surface area (Å²) in [4.78, 5) is 8.28. The number of aryl methyl sites for hydroxylation is 1. The Balaban J connectivity index is 1.93. The smallest absolute Gasteiger partial charge is 0.148 e.